The summed E-state index contributed by atoms with van der Waals surface area (Å²) in [4.78, 5) is 13.8. The van der Waals surface area contributed by atoms with Gasteiger partial charge in [-0.1, -0.05) is 6.07 Å². The predicted octanol–water partition coefficient (Wildman–Crippen LogP) is 2.06. The number of nitrogens with two attached hydrogens (primary N) is 1. The van der Waals surface area contributed by atoms with Gasteiger partial charge in [0.25, 0.3) is 0 Å². The van der Waals surface area contributed by atoms with Crippen LogP contribution in [0.25, 0.3) is 0 Å². The van der Waals surface area contributed by atoms with Gasteiger partial charge in [-0.2, -0.15) is 0 Å². The highest BCUT2D eigenvalue weighted by Crippen LogP contribution is 2.41. The Morgan fingerprint density at radius 3 is 2.70 bits per heavy atom. The maximum atomic E-state index is 6.43. The van der Waals surface area contributed by atoms with Crippen molar-refractivity contribution >= 4 is 22.4 Å². The zero-order valence-electron chi connectivity index (χ0n) is 17.0. The molecule has 2 N–H and O–H groups in total. The van der Waals surface area contributed by atoms with Gasteiger partial charge in [-0.15, -0.1) is 11.3 Å². The lowest BCUT2D eigenvalue weighted by Gasteiger charge is -2.38. The Balaban J connectivity index is 1.29. The van der Waals surface area contributed by atoms with E-state index < -0.39 is 0 Å². The molecule has 9 heteroatoms. The molecule has 0 unspecified atom stereocenters. The number of aliphatic imine (C=N–C) groups is 1. The number of nitrogens with zero attached hydrogens (tertiary/aromatic N) is 4. The molecule has 2 aromatic rings. The minimum atomic E-state index is -0.0907. The van der Waals surface area contributed by atoms with Crippen LogP contribution in [0, 0.1) is 0 Å². The van der Waals surface area contributed by atoms with E-state index in [2.05, 4.69) is 26.9 Å². The fraction of sp³-hybridized carbons (Fsp3) is 0.524. The molecule has 2 saturated heterocycles. The third-order valence-corrected chi connectivity index (χ3v) is 7.10. The molecule has 8 nitrogen and oxygen atoms in total. The first kappa shape index (κ1) is 19.4. The fourth-order valence-corrected chi connectivity index (χ4v) is 5.05. The molecule has 4 heterocycles. The maximum absolute atomic E-state index is 6.43. The van der Waals surface area contributed by atoms with Gasteiger partial charge in [-0.3, -0.25) is 4.99 Å². The molecule has 1 aromatic heterocycles. The van der Waals surface area contributed by atoms with Crippen molar-refractivity contribution < 1.29 is 14.2 Å². The summed E-state index contributed by atoms with van der Waals surface area (Å²) in [5, 5.41) is 3.09. The molecule has 2 fully saturated rings. The van der Waals surface area contributed by atoms with Crippen LogP contribution in [0.4, 0.5) is 5.13 Å². The number of hydrogen-bond acceptors (Lipinski definition) is 7. The Kier molecular flexibility index (Phi) is 5.39. The molecule has 30 heavy (non-hydrogen) atoms. The molecular weight excluding hydrogens is 402 g/mol. The van der Waals surface area contributed by atoms with Crippen molar-refractivity contribution in [1.82, 2.24) is 9.88 Å². The summed E-state index contributed by atoms with van der Waals surface area (Å²) in [7, 11) is 0. The van der Waals surface area contributed by atoms with E-state index in [9.17, 15) is 0 Å². The van der Waals surface area contributed by atoms with E-state index in [1.165, 1.54) is 5.56 Å². The van der Waals surface area contributed by atoms with E-state index in [0.717, 1.165) is 68.9 Å². The standard InChI is InChI=1S/C21H27N5O3S/c22-19(25-6-8-26(9-7-25)20-23-5-12-30-20)24-14-21(3-10-27-11-4-21)16-1-2-17-18(13-16)29-15-28-17/h1-2,5,12-13H,3-4,6-11,14-15H2,(H2,22,24). The molecule has 0 bridgehead atoms. The van der Waals surface area contributed by atoms with E-state index >= 15 is 0 Å². The van der Waals surface area contributed by atoms with E-state index in [-0.39, 0.29) is 12.2 Å². The van der Waals surface area contributed by atoms with Gasteiger partial charge in [0.1, 0.15) is 0 Å². The van der Waals surface area contributed by atoms with Crippen LogP contribution in [0.15, 0.2) is 34.8 Å². The average molecular weight is 430 g/mol. The molecule has 0 spiro atoms. The molecule has 0 aliphatic carbocycles. The molecule has 0 radical (unpaired) electrons. The van der Waals surface area contributed by atoms with Gasteiger partial charge >= 0.3 is 0 Å². The van der Waals surface area contributed by atoms with Gasteiger partial charge in [0.05, 0.1) is 6.54 Å². The Morgan fingerprint density at radius 2 is 1.93 bits per heavy atom. The Hall–Kier alpha value is -2.52. The van der Waals surface area contributed by atoms with E-state index in [4.69, 9.17) is 24.9 Å². The number of anilines is 1. The number of fused-ring (bicyclic) bond motifs is 1. The third kappa shape index (κ3) is 3.79. The Labute approximate surface area is 180 Å². The monoisotopic (exact) mass is 429 g/mol. The zero-order chi connectivity index (χ0) is 20.4. The quantitative estimate of drug-likeness (QED) is 0.588. The van der Waals surface area contributed by atoms with Crippen molar-refractivity contribution in [1.29, 1.82) is 0 Å². The Morgan fingerprint density at radius 1 is 1.13 bits per heavy atom. The first-order valence-corrected chi connectivity index (χ1v) is 11.3. The second-order valence-electron chi connectivity index (χ2n) is 7.92. The number of ether oxygens (including phenoxy) is 3. The van der Waals surface area contributed by atoms with Crippen LogP contribution in [0.1, 0.15) is 18.4 Å². The molecule has 0 saturated carbocycles. The lowest BCUT2D eigenvalue weighted by molar-refractivity contribution is 0.0529. The van der Waals surface area contributed by atoms with Crippen LogP contribution >= 0.6 is 11.3 Å². The summed E-state index contributed by atoms with van der Waals surface area (Å²) in [5.74, 6) is 2.25. The zero-order valence-corrected chi connectivity index (χ0v) is 17.8. The van der Waals surface area contributed by atoms with Crippen molar-refractivity contribution in [2.45, 2.75) is 18.3 Å². The second kappa shape index (κ2) is 8.31. The summed E-state index contributed by atoms with van der Waals surface area (Å²) in [6, 6.07) is 6.24. The predicted molar refractivity (Wildman–Crippen MR) is 117 cm³/mol. The van der Waals surface area contributed by atoms with Gasteiger partial charge in [-0.05, 0) is 30.5 Å². The summed E-state index contributed by atoms with van der Waals surface area (Å²) in [6.45, 7) is 5.92. The van der Waals surface area contributed by atoms with Crippen molar-refractivity contribution in [3.63, 3.8) is 0 Å². The highest BCUT2D eigenvalue weighted by atomic mass is 32.1. The van der Waals surface area contributed by atoms with Crippen LogP contribution in [-0.4, -0.2) is 68.6 Å². The maximum Gasteiger partial charge on any atom is 0.231 e. The number of guanidine groups is 1. The van der Waals surface area contributed by atoms with Gasteiger partial charge in [0.2, 0.25) is 6.79 Å². The molecule has 0 amide bonds. The van der Waals surface area contributed by atoms with E-state index in [1.54, 1.807) is 11.3 Å². The van der Waals surface area contributed by atoms with Gasteiger partial charge in [0, 0.05) is 56.4 Å². The number of thiazole rings is 1. The molecule has 5 rings (SSSR count). The van der Waals surface area contributed by atoms with Crippen molar-refractivity contribution in [2.75, 3.05) is 57.6 Å². The first-order chi connectivity index (χ1) is 14.7. The van der Waals surface area contributed by atoms with Crippen LogP contribution < -0.4 is 20.1 Å². The van der Waals surface area contributed by atoms with E-state index in [0.29, 0.717) is 12.5 Å². The minimum absolute atomic E-state index is 0.0907. The highest BCUT2D eigenvalue weighted by molar-refractivity contribution is 7.13. The van der Waals surface area contributed by atoms with Crippen LogP contribution in [0.3, 0.4) is 0 Å². The minimum Gasteiger partial charge on any atom is -0.454 e. The first-order valence-electron chi connectivity index (χ1n) is 10.4. The fourth-order valence-electron chi connectivity index (χ4n) is 4.36. The lowest BCUT2D eigenvalue weighted by atomic mass is 9.74. The summed E-state index contributed by atoms with van der Waals surface area (Å²) < 4.78 is 16.7. The number of rotatable bonds is 4. The number of hydrogen-bond donors (Lipinski definition) is 1. The van der Waals surface area contributed by atoms with Gasteiger partial charge in [-0.25, -0.2) is 4.98 Å². The SMILES string of the molecule is NC(=NCC1(c2ccc3c(c2)OCO3)CCOCC1)N1CCN(c2nccs2)CC1. The molecular formula is C21H27N5O3S. The van der Waals surface area contributed by atoms with Crippen LogP contribution in [0.5, 0.6) is 11.5 Å². The molecule has 3 aliphatic heterocycles. The number of aromatic nitrogens is 1. The number of benzene rings is 1. The Bertz CT molecular complexity index is 890. The average Bonchev–Trinajstić information content (AvgIpc) is 3.50. The van der Waals surface area contributed by atoms with Crippen molar-refractivity contribution in [3.8, 4) is 11.5 Å². The van der Waals surface area contributed by atoms with Crippen LogP contribution in [0.2, 0.25) is 0 Å². The lowest BCUT2D eigenvalue weighted by Crippen LogP contribution is -2.51. The number of piperazine rings is 1. The second-order valence-corrected chi connectivity index (χ2v) is 8.80. The van der Waals surface area contributed by atoms with Gasteiger partial charge < -0.3 is 29.7 Å². The van der Waals surface area contributed by atoms with Crippen molar-refractivity contribution in [3.05, 3.63) is 35.3 Å². The van der Waals surface area contributed by atoms with E-state index in [1.807, 2.05) is 17.6 Å². The summed E-state index contributed by atoms with van der Waals surface area (Å²) in [5.41, 5.74) is 7.56. The summed E-state index contributed by atoms with van der Waals surface area (Å²) in [6.07, 6.45) is 3.69. The normalized spacial score (nSPS) is 21.1. The summed E-state index contributed by atoms with van der Waals surface area (Å²) >= 11 is 1.68. The molecule has 160 valence electrons. The molecule has 1 aromatic carbocycles. The molecule has 3 aliphatic rings. The topological polar surface area (TPSA) is 85.4 Å². The van der Waals surface area contributed by atoms with Crippen LogP contribution in [-0.2, 0) is 10.2 Å². The highest BCUT2D eigenvalue weighted by Gasteiger charge is 2.36. The smallest absolute Gasteiger partial charge is 0.231 e. The largest absolute Gasteiger partial charge is 0.454 e. The molecule has 0 atom stereocenters. The van der Waals surface area contributed by atoms with Crippen molar-refractivity contribution in [2.24, 2.45) is 10.7 Å². The van der Waals surface area contributed by atoms with Gasteiger partial charge in [0.15, 0.2) is 22.6 Å². The third-order valence-electron chi connectivity index (χ3n) is 6.27.